The maximum atomic E-state index is 12.6. The van der Waals surface area contributed by atoms with E-state index in [0.717, 1.165) is 57.4 Å². The van der Waals surface area contributed by atoms with Gasteiger partial charge in [0.05, 0.1) is 5.69 Å². The molecular formula is C21H29N5O. The van der Waals surface area contributed by atoms with Gasteiger partial charge in [-0.1, -0.05) is 12.8 Å². The lowest BCUT2D eigenvalue weighted by Crippen LogP contribution is -2.43. The summed E-state index contributed by atoms with van der Waals surface area (Å²) in [6.45, 7) is 1.80. The van der Waals surface area contributed by atoms with Gasteiger partial charge in [-0.3, -0.25) is 4.79 Å². The molecule has 0 atom stereocenters. The lowest BCUT2D eigenvalue weighted by molar-refractivity contribution is -0.126. The second-order valence-electron chi connectivity index (χ2n) is 8.43. The van der Waals surface area contributed by atoms with Crippen LogP contribution in [-0.2, 0) is 17.6 Å². The molecule has 1 saturated heterocycles. The van der Waals surface area contributed by atoms with Gasteiger partial charge in [-0.15, -0.1) is 0 Å². The quantitative estimate of drug-likeness (QED) is 0.906. The van der Waals surface area contributed by atoms with Crippen LogP contribution < -0.4 is 10.2 Å². The van der Waals surface area contributed by atoms with E-state index in [4.69, 9.17) is 10.1 Å². The largest absolute Gasteiger partial charge is 0.355 e. The number of hydrogen-bond acceptors (Lipinski definition) is 4. The normalized spacial score (nSPS) is 21.6. The Bertz CT molecular complexity index is 830. The molecule has 5 rings (SSSR count). The summed E-state index contributed by atoms with van der Waals surface area (Å²) in [6.07, 6.45) is 15.2. The van der Waals surface area contributed by atoms with Gasteiger partial charge < -0.3 is 10.2 Å². The molecule has 6 nitrogen and oxygen atoms in total. The molecule has 27 heavy (non-hydrogen) atoms. The zero-order valence-corrected chi connectivity index (χ0v) is 16.0. The molecule has 2 fully saturated rings. The van der Waals surface area contributed by atoms with E-state index < -0.39 is 0 Å². The van der Waals surface area contributed by atoms with E-state index in [0.29, 0.717) is 6.04 Å². The van der Waals surface area contributed by atoms with Crippen molar-refractivity contribution in [2.45, 2.75) is 70.3 Å². The Morgan fingerprint density at radius 1 is 1.04 bits per heavy atom. The molecule has 0 bridgehead atoms. The number of hydrogen-bond donors (Lipinski definition) is 1. The molecular weight excluding hydrogens is 338 g/mol. The molecule has 3 aliphatic rings. The minimum atomic E-state index is 0.153. The highest BCUT2D eigenvalue weighted by Crippen LogP contribution is 2.32. The van der Waals surface area contributed by atoms with Crippen LogP contribution in [0, 0.1) is 5.92 Å². The van der Waals surface area contributed by atoms with Crippen LogP contribution in [0.15, 0.2) is 12.4 Å². The standard InChI is InChI=1S/C21H29N5O/c27-21(23-16-5-1-2-6-16)15-9-12-25(13-10-15)20-19-17-7-3-4-8-18(17)24-26(19)14-11-22-20/h11,14-16H,1-10,12-13H2,(H,23,27). The van der Waals surface area contributed by atoms with Crippen molar-refractivity contribution >= 4 is 17.2 Å². The highest BCUT2D eigenvalue weighted by Gasteiger charge is 2.29. The molecule has 1 aliphatic heterocycles. The number of carbonyl (C=O) groups excluding carboxylic acids is 1. The number of amides is 1. The fourth-order valence-corrected chi connectivity index (χ4v) is 5.12. The Hall–Kier alpha value is -2.11. The summed E-state index contributed by atoms with van der Waals surface area (Å²) >= 11 is 0. The van der Waals surface area contributed by atoms with Gasteiger partial charge >= 0.3 is 0 Å². The number of nitrogens with one attached hydrogen (secondary N) is 1. The van der Waals surface area contributed by atoms with Crippen molar-refractivity contribution in [1.29, 1.82) is 0 Å². The molecule has 1 amide bonds. The van der Waals surface area contributed by atoms with Crippen molar-refractivity contribution in [2.24, 2.45) is 5.92 Å². The molecule has 0 unspecified atom stereocenters. The van der Waals surface area contributed by atoms with E-state index in [2.05, 4.69) is 10.2 Å². The van der Waals surface area contributed by atoms with Gasteiger partial charge in [-0.05, 0) is 51.4 Å². The van der Waals surface area contributed by atoms with E-state index in [1.807, 2.05) is 16.9 Å². The van der Waals surface area contributed by atoms with E-state index in [-0.39, 0.29) is 11.8 Å². The molecule has 2 aromatic heterocycles. The zero-order valence-electron chi connectivity index (χ0n) is 16.0. The maximum absolute atomic E-state index is 12.6. The Labute approximate surface area is 160 Å². The third kappa shape index (κ3) is 3.19. The van der Waals surface area contributed by atoms with E-state index in [1.165, 1.54) is 42.5 Å². The van der Waals surface area contributed by atoms with Crippen molar-refractivity contribution < 1.29 is 4.79 Å². The zero-order chi connectivity index (χ0) is 18.2. The van der Waals surface area contributed by atoms with E-state index in [9.17, 15) is 4.79 Å². The minimum Gasteiger partial charge on any atom is -0.355 e. The minimum absolute atomic E-state index is 0.153. The van der Waals surface area contributed by atoms with Gasteiger partial charge in [0, 0.05) is 43.0 Å². The fraction of sp³-hybridized carbons (Fsp3) is 0.667. The van der Waals surface area contributed by atoms with Crippen LogP contribution in [0.3, 0.4) is 0 Å². The Kier molecular flexibility index (Phi) is 4.50. The lowest BCUT2D eigenvalue weighted by Gasteiger charge is -2.33. The number of anilines is 1. The molecule has 3 heterocycles. The smallest absolute Gasteiger partial charge is 0.223 e. The molecule has 6 heteroatoms. The summed E-state index contributed by atoms with van der Waals surface area (Å²) < 4.78 is 2.03. The second-order valence-corrected chi connectivity index (χ2v) is 8.43. The van der Waals surface area contributed by atoms with E-state index in [1.54, 1.807) is 0 Å². The molecule has 1 N–H and O–H groups in total. The van der Waals surface area contributed by atoms with Crippen molar-refractivity contribution in [3.8, 4) is 0 Å². The molecule has 2 aromatic rings. The van der Waals surface area contributed by atoms with Gasteiger partial charge in [0.2, 0.25) is 5.91 Å². The predicted octanol–water partition coefficient (Wildman–Crippen LogP) is 2.88. The van der Waals surface area contributed by atoms with E-state index >= 15 is 0 Å². The molecule has 0 radical (unpaired) electrons. The molecule has 144 valence electrons. The molecule has 2 aliphatic carbocycles. The third-order valence-electron chi connectivity index (χ3n) is 6.67. The Balaban J connectivity index is 1.31. The first kappa shape index (κ1) is 17.0. The van der Waals surface area contributed by atoms with Crippen LogP contribution in [-0.4, -0.2) is 39.6 Å². The first-order chi connectivity index (χ1) is 13.3. The molecule has 0 spiro atoms. The number of aromatic nitrogens is 3. The van der Waals surface area contributed by atoms with Gasteiger partial charge in [-0.2, -0.15) is 5.10 Å². The van der Waals surface area contributed by atoms with Crippen LogP contribution in [0.5, 0.6) is 0 Å². The van der Waals surface area contributed by atoms with Crippen LogP contribution in [0.2, 0.25) is 0 Å². The average Bonchev–Trinajstić information content (AvgIpc) is 3.35. The Morgan fingerprint density at radius 2 is 1.81 bits per heavy atom. The highest BCUT2D eigenvalue weighted by atomic mass is 16.1. The van der Waals surface area contributed by atoms with Crippen LogP contribution >= 0.6 is 0 Å². The number of carbonyl (C=O) groups is 1. The van der Waals surface area contributed by atoms with Crippen molar-refractivity contribution in [1.82, 2.24) is 19.9 Å². The number of piperidine rings is 1. The predicted molar refractivity (Wildman–Crippen MR) is 105 cm³/mol. The van der Waals surface area contributed by atoms with Gasteiger partial charge in [-0.25, -0.2) is 9.50 Å². The lowest BCUT2D eigenvalue weighted by atomic mass is 9.94. The summed E-state index contributed by atoms with van der Waals surface area (Å²) in [5.41, 5.74) is 3.84. The summed E-state index contributed by atoms with van der Waals surface area (Å²) in [5.74, 6) is 1.48. The van der Waals surface area contributed by atoms with Crippen LogP contribution in [0.25, 0.3) is 5.52 Å². The van der Waals surface area contributed by atoms with Gasteiger partial charge in [0.15, 0.2) is 5.82 Å². The van der Waals surface area contributed by atoms with Crippen molar-refractivity contribution in [3.05, 3.63) is 23.7 Å². The number of rotatable bonds is 3. The first-order valence-corrected chi connectivity index (χ1v) is 10.7. The van der Waals surface area contributed by atoms with Gasteiger partial charge in [0.25, 0.3) is 0 Å². The Morgan fingerprint density at radius 3 is 2.63 bits per heavy atom. The fourth-order valence-electron chi connectivity index (χ4n) is 5.12. The van der Waals surface area contributed by atoms with Crippen LogP contribution in [0.1, 0.15) is 62.6 Å². The summed E-state index contributed by atoms with van der Waals surface area (Å²) in [4.78, 5) is 19.7. The monoisotopic (exact) mass is 367 g/mol. The number of fused-ring (bicyclic) bond motifs is 3. The van der Waals surface area contributed by atoms with Crippen molar-refractivity contribution in [3.63, 3.8) is 0 Å². The molecule has 1 saturated carbocycles. The maximum Gasteiger partial charge on any atom is 0.223 e. The van der Waals surface area contributed by atoms with Gasteiger partial charge in [0.1, 0.15) is 5.52 Å². The SMILES string of the molecule is O=C(NC1CCCC1)C1CCN(c2nccn3nc4c(c23)CCCC4)CC1. The number of aryl methyl sites for hydroxylation is 2. The molecule has 0 aromatic carbocycles. The van der Waals surface area contributed by atoms with Crippen molar-refractivity contribution in [2.75, 3.05) is 18.0 Å². The number of nitrogens with zero attached hydrogens (tertiary/aromatic N) is 4. The van der Waals surface area contributed by atoms with Crippen LogP contribution in [0.4, 0.5) is 5.82 Å². The second kappa shape index (κ2) is 7.13. The highest BCUT2D eigenvalue weighted by molar-refractivity contribution is 5.80. The summed E-state index contributed by atoms with van der Waals surface area (Å²) in [6, 6.07) is 0.421. The topological polar surface area (TPSA) is 62.5 Å². The summed E-state index contributed by atoms with van der Waals surface area (Å²) in [5, 5.41) is 8.08. The summed E-state index contributed by atoms with van der Waals surface area (Å²) in [7, 11) is 0. The average molecular weight is 367 g/mol. The third-order valence-corrected chi connectivity index (χ3v) is 6.67. The first-order valence-electron chi connectivity index (χ1n) is 10.7.